The zero-order chi connectivity index (χ0) is 20.1. The van der Waals surface area contributed by atoms with Crippen molar-refractivity contribution in [3.05, 3.63) is 71.4 Å². The molecule has 2 aromatic carbocycles. The lowest BCUT2D eigenvalue weighted by Gasteiger charge is -2.41. The number of H-pyrrole nitrogens is 1. The van der Waals surface area contributed by atoms with E-state index in [1.54, 1.807) is 0 Å². The first-order valence-corrected chi connectivity index (χ1v) is 10.7. The van der Waals surface area contributed by atoms with Crippen molar-refractivity contribution in [3.63, 3.8) is 0 Å². The number of aromatic nitrogens is 1. The lowest BCUT2D eigenvalue weighted by Crippen LogP contribution is -2.46. The number of rotatable bonds is 7. The van der Waals surface area contributed by atoms with Crippen LogP contribution in [0, 0.1) is 11.3 Å². The molecule has 2 N–H and O–H groups in total. The minimum Gasteiger partial charge on any atom is -0.395 e. The third-order valence-corrected chi connectivity index (χ3v) is 6.35. The molecular weight excluding hydrogens is 358 g/mol. The quantitative estimate of drug-likeness (QED) is 0.582. The third-order valence-electron chi connectivity index (χ3n) is 6.35. The number of fused-ring (bicyclic) bond motifs is 1. The highest BCUT2D eigenvalue weighted by Gasteiger charge is 2.31. The first-order chi connectivity index (χ1) is 14.3. The monoisotopic (exact) mass is 387 g/mol. The minimum atomic E-state index is 0.220. The highest BCUT2D eigenvalue weighted by molar-refractivity contribution is 5.84. The van der Waals surface area contributed by atoms with Crippen molar-refractivity contribution >= 4 is 10.9 Å². The van der Waals surface area contributed by atoms with Gasteiger partial charge in [0.2, 0.25) is 0 Å². The van der Waals surface area contributed by atoms with E-state index in [1.807, 2.05) is 18.2 Å². The molecular formula is C25H29N3O. The predicted octanol–water partition coefficient (Wildman–Crippen LogP) is 4.60. The molecule has 4 heteroatoms. The number of aliphatic hydroxyl groups excluding tert-OH is 1. The topological polar surface area (TPSA) is 63.0 Å². The van der Waals surface area contributed by atoms with Gasteiger partial charge in [0, 0.05) is 29.1 Å². The lowest BCUT2D eigenvalue weighted by molar-refractivity contribution is 0.0717. The summed E-state index contributed by atoms with van der Waals surface area (Å²) in [5.41, 5.74) is 4.45. The number of benzene rings is 2. The number of piperidine rings is 1. The van der Waals surface area contributed by atoms with Crippen LogP contribution in [0.15, 0.2) is 54.7 Å². The molecule has 0 spiro atoms. The van der Waals surface area contributed by atoms with E-state index >= 15 is 0 Å². The number of likely N-dealkylation sites (tertiary alicyclic amines) is 1. The fraction of sp³-hybridized carbons (Fsp3) is 0.400. The van der Waals surface area contributed by atoms with Crippen molar-refractivity contribution in [2.24, 2.45) is 0 Å². The van der Waals surface area contributed by atoms with Gasteiger partial charge in [0.1, 0.15) is 0 Å². The maximum atomic E-state index is 10.1. The van der Waals surface area contributed by atoms with Gasteiger partial charge in [-0.25, -0.2) is 0 Å². The number of nitrogens with one attached hydrogen (secondary N) is 1. The average Bonchev–Trinajstić information content (AvgIpc) is 3.19. The number of nitriles is 1. The Hall–Kier alpha value is -2.61. The fourth-order valence-corrected chi connectivity index (χ4v) is 4.82. The number of hydrogen-bond donors (Lipinski definition) is 2. The summed E-state index contributed by atoms with van der Waals surface area (Å²) < 4.78 is 0. The van der Waals surface area contributed by atoms with Crippen LogP contribution >= 0.6 is 0 Å². The van der Waals surface area contributed by atoms with Gasteiger partial charge in [-0.3, -0.25) is 4.90 Å². The Morgan fingerprint density at radius 3 is 2.79 bits per heavy atom. The van der Waals surface area contributed by atoms with Crippen molar-refractivity contribution in [1.82, 2.24) is 9.88 Å². The highest BCUT2D eigenvalue weighted by atomic mass is 16.3. The molecule has 2 atom stereocenters. The van der Waals surface area contributed by atoms with Crippen molar-refractivity contribution in [1.29, 1.82) is 5.26 Å². The predicted molar refractivity (Wildman–Crippen MR) is 117 cm³/mol. The van der Waals surface area contributed by atoms with E-state index in [1.165, 1.54) is 22.9 Å². The summed E-state index contributed by atoms with van der Waals surface area (Å²) in [5.74, 6) is 0.424. The van der Waals surface area contributed by atoms with Gasteiger partial charge < -0.3 is 10.1 Å². The average molecular weight is 388 g/mol. The fourth-order valence-electron chi connectivity index (χ4n) is 4.82. The number of aliphatic hydroxyl groups is 1. The van der Waals surface area contributed by atoms with Gasteiger partial charge in [-0.1, -0.05) is 30.3 Å². The number of aromatic amines is 1. The Bertz CT molecular complexity index is 973. The summed E-state index contributed by atoms with van der Waals surface area (Å²) in [6.07, 6.45) is 7.65. The Kier molecular flexibility index (Phi) is 6.29. The van der Waals surface area contributed by atoms with Gasteiger partial charge in [0.15, 0.2) is 0 Å². The normalized spacial score (nSPS) is 20.0. The number of nitrogens with zero attached hydrogens (tertiary/aromatic N) is 2. The Morgan fingerprint density at radius 2 is 2.00 bits per heavy atom. The van der Waals surface area contributed by atoms with Gasteiger partial charge in [-0.05, 0) is 74.5 Å². The molecule has 4 rings (SSSR count). The maximum absolute atomic E-state index is 10.1. The van der Waals surface area contributed by atoms with Gasteiger partial charge in [-0.15, -0.1) is 0 Å². The molecule has 1 aliphatic heterocycles. The van der Waals surface area contributed by atoms with Gasteiger partial charge >= 0.3 is 0 Å². The van der Waals surface area contributed by atoms with Crippen molar-refractivity contribution in [2.75, 3.05) is 19.7 Å². The second kappa shape index (κ2) is 9.26. The van der Waals surface area contributed by atoms with Crippen LogP contribution in [0.25, 0.3) is 10.9 Å². The molecule has 3 aromatic rings. The minimum absolute atomic E-state index is 0.220. The smallest absolute Gasteiger partial charge is 0.0991 e. The summed E-state index contributed by atoms with van der Waals surface area (Å²) in [7, 11) is 0. The maximum Gasteiger partial charge on any atom is 0.0991 e. The van der Waals surface area contributed by atoms with E-state index in [0.29, 0.717) is 11.5 Å². The summed E-state index contributed by atoms with van der Waals surface area (Å²) in [4.78, 5) is 5.81. The van der Waals surface area contributed by atoms with Crippen molar-refractivity contribution in [2.45, 2.75) is 44.1 Å². The zero-order valence-corrected chi connectivity index (χ0v) is 16.8. The van der Waals surface area contributed by atoms with Crippen LogP contribution in [0.2, 0.25) is 0 Å². The van der Waals surface area contributed by atoms with E-state index in [-0.39, 0.29) is 12.6 Å². The molecule has 0 bridgehead atoms. The van der Waals surface area contributed by atoms with Crippen LogP contribution in [0.5, 0.6) is 0 Å². The first kappa shape index (κ1) is 19.7. The summed E-state index contributed by atoms with van der Waals surface area (Å²) >= 11 is 0. The van der Waals surface area contributed by atoms with E-state index in [4.69, 9.17) is 5.26 Å². The molecule has 29 heavy (non-hydrogen) atoms. The molecule has 0 radical (unpaired) electrons. The number of hydrogen-bond acceptors (Lipinski definition) is 3. The van der Waals surface area contributed by atoms with Crippen molar-refractivity contribution < 1.29 is 5.11 Å². The number of unbranched alkanes of at least 4 members (excludes halogenated alkanes) is 1. The second-order valence-corrected chi connectivity index (χ2v) is 8.09. The van der Waals surface area contributed by atoms with Crippen LogP contribution in [-0.2, 0) is 6.42 Å². The molecule has 2 heterocycles. The molecule has 1 aliphatic rings. The Balaban J connectivity index is 1.35. The third kappa shape index (κ3) is 4.37. The standard InChI is InChI=1S/C25H29N3O/c26-16-19-11-12-24-23(15-19)21(17-27-24)9-4-5-13-28-14-6-10-22(25(28)18-29)20-7-2-1-3-8-20/h1-3,7-8,11-12,15,17,22,25,27,29H,4-6,9-10,13-14,18H2/t22-,25?/m1/s1. The number of aryl methyl sites for hydroxylation is 1. The lowest BCUT2D eigenvalue weighted by atomic mass is 9.83. The highest BCUT2D eigenvalue weighted by Crippen LogP contribution is 2.32. The molecule has 1 aromatic heterocycles. The van der Waals surface area contributed by atoms with Gasteiger partial charge in [0.05, 0.1) is 18.2 Å². The molecule has 1 saturated heterocycles. The Labute approximate surface area is 172 Å². The Morgan fingerprint density at radius 1 is 1.14 bits per heavy atom. The molecule has 150 valence electrons. The largest absolute Gasteiger partial charge is 0.395 e. The van der Waals surface area contributed by atoms with Crippen LogP contribution in [0.1, 0.15) is 48.3 Å². The van der Waals surface area contributed by atoms with E-state index in [9.17, 15) is 5.11 Å². The summed E-state index contributed by atoms with van der Waals surface area (Å²) in [6.45, 7) is 2.33. The molecule has 0 saturated carbocycles. The van der Waals surface area contributed by atoms with E-state index in [2.05, 4.69) is 52.5 Å². The van der Waals surface area contributed by atoms with Gasteiger partial charge in [0.25, 0.3) is 0 Å². The SMILES string of the molecule is N#Cc1ccc2[nH]cc(CCCCN3CCC[C@H](c4ccccc4)C3CO)c2c1. The van der Waals surface area contributed by atoms with Crippen LogP contribution in [0.4, 0.5) is 0 Å². The molecule has 0 aliphatic carbocycles. The van der Waals surface area contributed by atoms with Gasteiger partial charge in [-0.2, -0.15) is 5.26 Å². The van der Waals surface area contributed by atoms with Crippen LogP contribution in [0.3, 0.4) is 0 Å². The van der Waals surface area contributed by atoms with Crippen LogP contribution < -0.4 is 0 Å². The van der Waals surface area contributed by atoms with E-state index in [0.717, 1.165) is 44.3 Å². The molecule has 1 unspecified atom stereocenters. The molecule has 4 nitrogen and oxygen atoms in total. The zero-order valence-electron chi connectivity index (χ0n) is 16.8. The summed E-state index contributed by atoms with van der Waals surface area (Å²) in [6, 6.07) is 18.9. The molecule has 0 amide bonds. The van der Waals surface area contributed by atoms with E-state index < -0.39 is 0 Å². The molecule has 1 fully saturated rings. The first-order valence-electron chi connectivity index (χ1n) is 10.7. The van der Waals surface area contributed by atoms with Crippen molar-refractivity contribution in [3.8, 4) is 6.07 Å². The second-order valence-electron chi connectivity index (χ2n) is 8.09. The summed E-state index contributed by atoms with van der Waals surface area (Å²) in [5, 5.41) is 20.4. The van der Waals surface area contributed by atoms with Crippen LogP contribution in [-0.4, -0.2) is 40.7 Å².